The second-order valence-electron chi connectivity index (χ2n) is 19.3. The zero-order valence-corrected chi connectivity index (χ0v) is 40.9. The molecule has 10 rings (SSSR count). The first kappa shape index (κ1) is 35.9. The summed E-state index contributed by atoms with van der Waals surface area (Å²) >= 11 is 0. The van der Waals surface area contributed by atoms with Gasteiger partial charge in [-0.1, -0.05) is 183 Å². The molecule has 0 amide bonds. The standard InChI is InChI=1S/C60H50F6N2Si2/c1-69(2,3)47-27-23-45(24-28-47)67(55-35-21-43(37-51(55)59(61,62)63)39-13-9-7-10-14-39)53-33-19-41-18-32-50-54(34-20-42-17-31-49(53)57(41)58(42)50)68(46-25-29-48(30-26-46)70(4,5)6)56-36-22-44(38-52(56)60(64,65)66)40-15-11-8-12-16-40/h7-38H,1-6H3/i7D,8D,9D,10D,11D,12D,13D,14D,15D,16D. The Bertz CT molecular complexity index is 3820. The highest BCUT2D eigenvalue weighted by Gasteiger charge is 2.38. The van der Waals surface area contributed by atoms with E-state index in [1.807, 2.05) is 24.3 Å². The van der Waals surface area contributed by atoms with Crippen molar-refractivity contribution in [2.24, 2.45) is 0 Å². The minimum Gasteiger partial charge on any atom is -0.309 e. The van der Waals surface area contributed by atoms with Gasteiger partial charge in [0.05, 0.1) is 63.7 Å². The summed E-state index contributed by atoms with van der Waals surface area (Å²) in [6, 6.07) is 28.5. The van der Waals surface area contributed by atoms with E-state index in [-0.39, 0.29) is 22.5 Å². The third kappa shape index (κ3) is 8.64. The molecule has 0 saturated heterocycles. The molecule has 0 spiro atoms. The normalized spacial score (nSPS) is 14.6. The average Bonchev–Trinajstić information content (AvgIpc) is 3.47. The fourth-order valence-electron chi connectivity index (χ4n) is 9.21. The van der Waals surface area contributed by atoms with Crippen LogP contribution in [0.15, 0.2) is 194 Å². The van der Waals surface area contributed by atoms with E-state index in [0.717, 1.165) is 22.5 Å². The SMILES string of the molecule is [2H]c1c([2H])c([2H])c(-c2ccc(N(c3ccc([Si](C)(C)C)cc3)c3ccc4ccc5c(N(c6ccc([Si](C)(C)C)cc6)c6ccc(-c7c([2H])c([2H])c([2H])c([2H])c7[2H])cc6C(F)(F)F)ccc6ccc3c4c65)c(C(F)(F)F)c2)c([2H])c1[2H]. The Morgan fingerprint density at radius 2 is 0.700 bits per heavy atom. The van der Waals surface area contributed by atoms with Crippen molar-refractivity contribution < 1.29 is 40.1 Å². The molecule has 0 aliphatic carbocycles. The van der Waals surface area contributed by atoms with Gasteiger partial charge < -0.3 is 9.80 Å². The lowest BCUT2D eigenvalue weighted by atomic mass is 9.91. The molecule has 10 aromatic rings. The molecule has 70 heavy (non-hydrogen) atoms. The van der Waals surface area contributed by atoms with Crippen molar-refractivity contribution in [3.63, 3.8) is 0 Å². The second kappa shape index (κ2) is 17.4. The van der Waals surface area contributed by atoms with E-state index in [9.17, 15) is 0 Å². The van der Waals surface area contributed by atoms with E-state index in [1.54, 1.807) is 72.8 Å². The number of hydrogen-bond acceptors (Lipinski definition) is 2. The molecule has 0 fully saturated rings. The van der Waals surface area contributed by atoms with Gasteiger partial charge in [-0.05, 0) is 104 Å². The Morgan fingerprint density at radius 1 is 0.371 bits per heavy atom. The Morgan fingerprint density at radius 3 is 1.03 bits per heavy atom. The summed E-state index contributed by atoms with van der Waals surface area (Å²) in [7, 11) is -3.89. The van der Waals surface area contributed by atoms with E-state index in [1.165, 1.54) is 34.1 Å². The van der Waals surface area contributed by atoms with Crippen LogP contribution in [-0.2, 0) is 12.4 Å². The van der Waals surface area contributed by atoms with Gasteiger partial charge in [-0.2, -0.15) is 26.3 Å². The summed E-state index contributed by atoms with van der Waals surface area (Å²) < 4.78 is 179. The number of anilines is 6. The molecule has 10 heteroatoms. The van der Waals surface area contributed by atoms with Crippen molar-refractivity contribution in [1.29, 1.82) is 0 Å². The molecule has 10 aromatic carbocycles. The number of halogens is 6. The Hall–Kier alpha value is -7.15. The van der Waals surface area contributed by atoms with Gasteiger partial charge in [0.15, 0.2) is 0 Å². The molecule has 0 bridgehead atoms. The zero-order chi connectivity index (χ0) is 58.0. The van der Waals surface area contributed by atoms with E-state index in [4.69, 9.17) is 13.7 Å². The number of rotatable bonds is 10. The third-order valence-corrected chi connectivity index (χ3v) is 16.9. The van der Waals surface area contributed by atoms with Crippen molar-refractivity contribution in [3.8, 4) is 22.3 Å². The van der Waals surface area contributed by atoms with E-state index < -0.39 is 111 Å². The van der Waals surface area contributed by atoms with Crippen LogP contribution in [0.25, 0.3) is 54.6 Å². The van der Waals surface area contributed by atoms with Gasteiger partial charge >= 0.3 is 12.4 Å². The Kier molecular flexibility index (Phi) is 8.90. The highest BCUT2D eigenvalue weighted by Crippen LogP contribution is 2.51. The van der Waals surface area contributed by atoms with Crippen molar-refractivity contribution in [2.75, 3.05) is 9.80 Å². The van der Waals surface area contributed by atoms with E-state index in [0.29, 0.717) is 55.1 Å². The lowest BCUT2D eigenvalue weighted by molar-refractivity contribution is -0.137. The van der Waals surface area contributed by atoms with Crippen molar-refractivity contribution in [1.82, 2.24) is 0 Å². The van der Waals surface area contributed by atoms with Crippen molar-refractivity contribution in [3.05, 3.63) is 205 Å². The third-order valence-electron chi connectivity index (χ3n) is 12.7. The van der Waals surface area contributed by atoms with Crippen LogP contribution < -0.4 is 20.2 Å². The first-order valence-corrected chi connectivity index (χ1v) is 29.5. The molecule has 0 saturated carbocycles. The van der Waals surface area contributed by atoms with Gasteiger partial charge in [-0.25, -0.2) is 0 Å². The van der Waals surface area contributed by atoms with Crippen molar-refractivity contribution >= 4 is 93.0 Å². The van der Waals surface area contributed by atoms with Crippen LogP contribution in [0, 0.1) is 0 Å². The minimum atomic E-state index is -5.05. The van der Waals surface area contributed by atoms with Crippen LogP contribution in [0.3, 0.4) is 0 Å². The average molecular weight is 979 g/mol. The molecule has 0 aliphatic rings. The predicted molar refractivity (Wildman–Crippen MR) is 286 cm³/mol. The first-order valence-electron chi connectivity index (χ1n) is 27.5. The second-order valence-corrected chi connectivity index (χ2v) is 29.5. The predicted octanol–water partition coefficient (Wildman–Crippen LogP) is 18.0. The van der Waals surface area contributed by atoms with Gasteiger partial charge in [-0.3, -0.25) is 0 Å². The molecular weight excluding hydrogens is 919 g/mol. The zero-order valence-electron chi connectivity index (χ0n) is 48.9. The van der Waals surface area contributed by atoms with Crippen LogP contribution in [0.1, 0.15) is 24.8 Å². The molecule has 350 valence electrons. The van der Waals surface area contributed by atoms with Gasteiger partial charge in [0, 0.05) is 22.1 Å². The van der Waals surface area contributed by atoms with Crippen LogP contribution in [-0.4, -0.2) is 16.1 Å². The van der Waals surface area contributed by atoms with Crippen molar-refractivity contribution in [2.45, 2.75) is 51.6 Å². The number of hydrogen-bond donors (Lipinski definition) is 0. The topological polar surface area (TPSA) is 6.48 Å². The summed E-state index contributed by atoms with van der Waals surface area (Å²) in [5, 5.41) is 5.57. The lowest BCUT2D eigenvalue weighted by Gasteiger charge is -2.32. The highest BCUT2D eigenvalue weighted by molar-refractivity contribution is 6.89. The maximum absolute atomic E-state index is 15.9. The van der Waals surface area contributed by atoms with Crippen LogP contribution in [0.5, 0.6) is 0 Å². The molecule has 0 aromatic heterocycles. The lowest BCUT2D eigenvalue weighted by Crippen LogP contribution is -2.37. The fraction of sp³-hybridized carbons (Fsp3) is 0.133. The molecule has 2 nitrogen and oxygen atoms in total. The Balaban J connectivity index is 1.25. The monoisotopic (exact) mass is 978 g/mol. The molecule has 0 unspecified atom stereocenters. The quantitative estimate of drug-likeness (QED) is 0.0765. The number of nitrogens with zero attached hydrogens (tertiary/aromatic N) is 2. The van der Waals surface area contributed by atoms with Crippen LogP contribution in [0.4, 0.5) is 60.5 Å². The fourth-order valence-corrected chi connectivity index (χ4v) is 11.5. The Labute approximate surface area is 420 Å². The molecule has 0 atom stereocenters. The van der Waals surface area contributed by atoms with Gasteiger partial charge in [0.1, 0.15) is 0 Å². The largest absolute Gasteiger partial charge is 0.418 e. The highest BCUT2D eigenvalue weighted by atomic mass is 28.3. The molecule has 0 N–H and O–H groups in total. The minimum absolute atomic E-state index is 0.243. The van der Waals surface area contributed by atoms with Gasteiger partial charge in [0.25, 0.3) is 0 Å². The summed E-state index contributed by atoms with van der Waals surface area (Å²) in [5.74, 6) is 0. The van der Waals surface area contributed by atoms with E-state index in [2.05, 4.69) is 39.3 Å². The maximum Gasteiger partial charge on any atom is 0.418 e. The van der Waals surface area contributed by atoms with E-state index >= 15 is 26.3 Å². The van der Waals surface area contributed by atoms with Gasteiger partial charge in [-0.15, -0.1) is 0 Å². The summed E-state index contributed by atoms with van der Waals surface area (Å²) in [4.78, 5) is 2.96. The van der Waals surface area contributed by atoms with Crippen LogP contribution in [0.2, 0.25) is 39.3 Å². The smallest absolute Gasteiger partial charge is 0.309 e. The maximum atomic E-state index is 15.9. The summed E-state index contributed by atoms with van der Waals surface area (Å²) in [6.07, 6.45) is -10.1. The van der Waals surface area contributed by atoms with Crippen LogP contribution >= 0.6 is 0 Å². The molecule has 0 radical (unpaired) electrons. The summed E-state index contributed by atoms with van der Waals surface area (Å²) in [5.41, 5.74) is -2.94. The number of alkyl halides is 6. The molecule has 0 heterocycles. The molecule has 0 aliphatic heterocycles. The van der Waals surface area contributed by atoms with Gasteiger partial charge in [0.2, 0.25) is 0 Å². The summed E-state index contributed by atoms with van der Waals surface area (Å²) in [6.45, 7) is 12.8. The first-order chi connectivity index (χ1) is 37.4. The molecular formula is C60H50F6N2Si2. The number of benzene rings is 10.